The number of halogens is 2. The minimum Gasteiger partial charge on any atom is -0.478 e. The molecular formula is C14H10ClFO2S. The Labute approximate surface area is 119 Å². The average molecular weight is 297 g/mol. The van der Waals surface area contributed by atoms with Gasteiger partial charge < -0.3 is 5.11 Å². The van der Waals surface area contributed by atoms with E-state index in [2.05, 4.69) is 0 Å². The lowest BCUT2D eigenvalue weighted by Crippen LogP contribution is -2.00. The van der Waals surface area contributed by atoms with Crippen LogP contribution in [0, 0.1) is 5.82 Å². The third-order valence-corrected chi connectivity index (χ3v) is 3.93. The van der Waals surface area contributed by atoms with Crippen molar-refractivity contribution in [1.82, 2.24) is 0 Å². The SMILES string of the molecule is O=C(O)c1cccc(F)c1SCc1ccc(Cl)cc1. The molecule has 0 aliphatic rings. The number of hydrogen-bond donors (Lipinski definition) is 1. The molecular weight excluding hydrogens is 287 g/mol. The molecule has 0 unspecified atom stereocenters. The molecule has 0 aliphatic carbocycles. The summed E-state index contributed by atoms with van der Waals surface area (Å²) in [6.45, 7) is 0. The second kappa shape index (κ2) is 6.08. The van der Waals surface area contributed by atoms with Gasteiger partial charge in [0.15, 0.2) is 0 Å². The van der Waals surface area contributed by atoms with Crippen LogP contribution in [0.5, 0.6) is 0 Å². The van der Waals surface area contributed by atoms with Gasteiger partial charge in [-0.15, -0.1) is 11.8 Å². The number of aromatic carboxylic acids is 1. The van der Waals surface area contributed by atoms with Crippen molar-refractivity contribution in [3.8, 4) is 0 Å². The van der Waals surface area contributed by atoms with Crippen molar-refractivity contribution in [2.24, 2.45) is 0 Å². The van der Waals surface area contributed by atoms with Crippen LogP contribution < -0.4 is 0 Å². The van der Waals surface area contributed by atoms with Gasteiger partial charge in [-0.3, -0.25) is 0 Å². The first-order chi connectivity index (χ1) is 9.08. The first-order valence-corrected chi connectivity index (χ1v) is 6.83. The summed E-state index contributed by atoms with van der Waals surface area (Å²) < 4.78 is 13.7. The third-order valence-electron chi connectivity index (χ3n) is 2.49. The molecule has 2 aromatic carbocycles. The van der Waals surface area contributed by atoms with Crippen LogP contribution in [0.15, 0.2) is 47.4 Å². The van der Waals surface area contributed by atoms with E-state index in [1.165, 1.54) is 18.2 Å². The highest BCUT2D eigenvalue weighted by molar-refractivity contribution is 7.98. The molecule has 0 spiro atoms. The Kier molecular flexibility index (Phi) is 4.45. The summed E-state index contributed by atoms with van der Waals surface area (Å²) in [6.07, 6.45) is 0. The van der Waals surface area contributed by atoms with Crippen molar-refractivity contribution in [2.75, 3.05) is 0 Å². The quantitative estimate of drug-likeness (QED) is 0.846. The third kappa shape index (κ3) is 3.49. The van der Waals surface area contributed by atoms with Crippen LogP contribution in [-0.4, -0.2) is 11.1 Å². The first kappa shape index (κ1) is 13.9. The van der Waals surface area contributed by atoms with Crippen molar-refractivity contribution in [1.29, 1.82) is 0 Å². The topological polar surface area (TPSA) is 37.3 Å². The molecule has 19 heavy (non-hydrogen) atoms. The van der Waals surface area contributed by atoms with Crippen LogP contribution in [0.4, 0.5) is 4.39 Å². The number of rotatable bonds is 4. The molecule has 0 aliphatic heterocycles. The van der Waals surface area contributed by atoms with Crippen LogP contribution >= 0.6 is 23.4 Å². The van der Waals surface area contributed by atoms with Gasteiger partial charge in [0.2, 0.25) is 0 Å². The molecule has 0 fully saturated rings. The molecule has 1 N–H and O–H groups in total. The maximum Gasteiger partial charge on any atom is 0.336 e. The predicted octanol–water partition coefficient (Wildman–Crippen LogP) is 4.47. The van der Waals surface area contributed by atoms with Gasteiger partial charge in [0.05, 0.1) is 10.5 Å². The maximum absolute atomic E-state index is 13.7. The number of carboxylic acid groups (broad SMARTS) is 1. The number of benzene rings is 2. The smallest absolute Gasteiger partial charge is 0.336 e. The van der Waals surface area contributed by atoms with Crippen molar-refractivity contribution >= 4 is 29.3 Å². The highest BCUT2D eigenvalue weighted by Crippen LogP contribution is 2.29. The minimum atomic E-state index is -1.13. The molecule has 0 heterocycles. The zero-order chi connectivity index (χ0) is 13.8. The van der Waals surface area contributed by atoms with E-state index in [0.717, 1.165) is 17.3 Å². The number of hydrogen-bond acceptors (Lipinski definition) is 2. The maximum atomic E-state index is 13.7. The Morgan fingerprint density at radius 1 is 1.21 bits per heavy atom. The van der Waals surface area contributed by atoms with Crippen molar-refractivity contribution in [3.05, 3.63) is 64.4 Å². The first-order valence-electron chi connectivity index (χ1n) is 5.47. The van der Waals surface area contributed by atoms with E-state index < -0.39 is 11.8 Å². The van der Waals surface area contributed by atoms with Crippen molar-refractivity contribution in [3.63, 3.8) is 0 Å². The Hall–Kier alpha value is -1.52. The van der Waals surface area contributed by atoms with Crippen LogP contribution in [0.3, 0.4) is 0 Å². The summed E-state index contributed by atoms with van der Waals surface area (Å²) in [4.78, 5) is 11.2. The summed E-state index contributed by atoms with van der Waals surface area (Å²) >= 11 is 6.94. The zero-order valence-corrected chi connectivity index (χ0v) is 11.3. The Balaban J connectivity index is 2.19. The summed E-state index contributed by atoms with van der Waals surface area (Å²) in [5.41, 5.74) is 0.938. The number of thioether (sulfide) groups is 1. The molecule has 2 aromatic rings. The summed E-state index contributed by atoms with van der Waals surface area (Å²) in [7, 11) is 0. The van der Waals surface area contributed by atoms with Gasteiger partial charge in [-0.05, 0) is 29.8 Å². The highest BCUT2D eigenvalue weighted by Gasteiger charge is 2.14. The van der Waals surface area contributed by atoms with E-state index in [9.17, 15) is 9.18 Å². The minimum absolute atomic E-state index is 0.0148. The molecule has 0 radical (unpaired) electrons. The molecule has 0 atom stereocenters. The van der Waals surface area contributed by atoms with Crippen molar-refractivity contribution < 1.29 is 14.3 Å². The van der Waals surface area contributed by atoms with E-state index in [1.54, 1.807) is 12.1 Å². The number of carboxylic acids is 1. The van der Waals surface area contributed by atoms with Gasteiger partial charge in [0.25, 0.3) is 0 Å². The van der Waals surface area contributed by atoms with Gasteiger partial charge in [0.1, 0.15) is 5.82 Å². The lowest BCUT2D eigenvalue weighted by atomic mass is 10.2. The van der Waals surface area contributed by atoms with Crippen LogP contribution in [0.1, 0.15) is 15.9 Å². The second-order valence-corrected chi connectivity index (χ2v) is 5.26. The van der Waals surface area contributed by atoms with Crippen LogP contribution in [-0.2, 0) is 5.75 Å². The Morgan fingerprint density at radius 3 is 2.53 bits per heavy atom. The fourth-order valence-electron chi connectivity index (χ4n) is 1.56. The average Bonchev–Trinajstić information content (AvgIpc) is 2.39. The molecule has 2 nitrogen and oxygen atoms in total. The fraction of sp³-hybridized carbons (Fsp3) is 0.0714. The summed E-state index contributed by atoms with van der Waals surface area (Å²) in [5.74, 6) is -1.16. The normalized spacial score (nSPS) is 10.4. The van der Waals surface area contributed by atoms with Gasteiger partial charge in [-0.25, -0.2) is 9.18 Å². The molecule has 0 amide bonds. The summed E-state index contributed by atoms with van der Waals surface area (Å²) in [5, 5.41) is 9.66. The molecule has 0 saturated carbocycles. The standard InChI is InChI=1S/C14H10ClFO2S/c15-10-6-4-9(5-7-10)8-19-13-11(14(17)18)2-1-3-12(13)16/h1-7H,8H2,(H,17,18). The van der Waals surface area contributed by atoms with E-state index in [1.807, 2.05) is 12.1 Å². The lowest BCUT2D eigenvalue weighted by Gasteiger charge is -2.07. The molecule has 0 aromatic heterocycles. The monoisotopic (exact) mass is 296 g/mol. The van der Waals surface area contributed by atoms with E-state index in [0.29, 0.717) is 10.8 Å². The van der Waals surface area contributed by atoms with E-state index >= 15 is 0 Å². The Morgan fingerprint density at radius 2 is 1.89 bits per heavy atom. The van der Waals surface area contributed by atoms with Gasteiger partial charge in [-0.1, -0.05) is 29.8 Å². The van der Waals surface area contributed by atoms with Gasteiger partial charge in [-0.2, -0.15) is 0 Å². The van der Waals surface area contributed by atoms with Crippen LogP contribution in [0.2, 0.25) is 5.02 Å². The molecule has 0 bridgehead atoms. The highest BCUT2D eigenvalue weighted by atomic mass is 35.5. The van der Waals surface area contributed by atoms with Gasteiger partial charge in [0, 0.05) is 10.8 Å². The molecule has 0 saturated heterocycles. The van der Waals surface area contributed by atoms with Crippen molar-refractivity contribution in [2.45, 2.75) is 10.6 Å². The molecule has 98 valence electrons. The lowest BCUT2D eigenvalue weighted by molar-refractivity contribution is 0.0692. The van der Waals surface area contributed by atoms with E-state index in [-0.39, 0.29) is 10.5 Å². The molecule has 5 heteroatoms. The zero-order valence-electron chi connectivity index (χ0n) is 9.77. The van der Waals surface area contributed by atoms with Gasteiger partial charge >= 0.3 is 5.97 Å². The van der Waals surface area contributed by atoms with Crippen LogP contribution in [0.25, 0.3) is 0 Å². The predicted molar refractivity (Wildman–Crippen MR) is 74.4 cm³/mol. The number of carbonyl (C=O) groups is 1. The van der Waals surface area contributed by atoms with E-state index in [4.69, 9.17) is 16.7 Å². The second-order valence-electron chi connectivity index (χ2n) is 3.84. The fourth-order valence-corrected chi connectivity index (χ4v) is 2.71. The molecule has 2 rings (SSSR count). The summed E-state index contributed by atoms with van der Waals surface area (Å²) in [6, 6.07) is 11.2. The largest absolute Gasteiger partial charge is 0.478 e. The Bertz CT molecular complexity index is 599.